The van der Waals surface area contributed by atoms with Crippen LogP contribution in [0.2, 0.25) is 0 Å². The number of hydrogen-bond donors (Lipinski definition) is 0. The Morgan fingerprint density at radius 2 is 1.86 bits per heavy atom. The monoisotopic (exact) mass is 413 g/mol. The first kappa shape index (κ1) is 19.5. The molecular weight excluding hydrogens is 397 g/mol. The molecule has 0 aliphatic heterocycles. The molecule has 0 saturated heterocycles. The van der Waals surface area contributed by atoms with Crippen molar-refractivity contribution in [3.63, 3.8) is 0 Å². The third-order valence-corrected chi connectivity index (χ3v) is 4.94. The molecule has 6 nitrogen and oxygen atoms in total. The number of hydrogen-bond acceptors (Lipinski definition) is 5. The van der Waals surface area contributed by atoms with Crippen LogP contribution in [0, 0.1) is 5.82 Å². The van der Waals surface area contributed by atoms with Crippen LogP contribution in [0.1, 0.15) is 38.9 Å². The Morgan fingerprint density at radius 1 is 1.17 bits per heavy atom. The summed E-state index contributed by atoms with van der Waals surface area (Å²) in [5.41, 5.74) is -3.09. The fourth-order valence-electron chi connectivity index (χ4n) is 2.85. The Bertz CT molecular complexity index is 1090. The van der Waals surface area contributed by atoms with Gasteiger partial charge in [-0.2, -0.15) is 13.2 Å². The fraction of sp³-hybridized carbons (Fsp3) is 0.444. The Kier molecular flexibility index (Phi) is 4.08. The van der Waals surface area contributed by atoms with E-state index in [1.807, 2.05) is 0 Å². The number of pyridine rings is 1. The highest BCUT2D eigenvalue weighted by Gasteiger charge is 2.54. The van der Waals surface area contributed by atoms with Crippen molar-refractivity contribution in [3.8, 4) is 17.1 Å². The van der Waals surface area contributed by atoms with Gasteiger partial charge in [-0.05, 0) is 33.3 Å². The van der Waals surface area contributed by atoms with Gasteiger partial charge in [-0.25, -0.2) is 13.8 Å². The number of rotatable bonds is 4. The molecule has 1 fully saturated rings. The third kappa shape index (κ3) is 3.38. The number of nitrogens with zero attached hydrogens (tertiary/aromatic N) is 5. The molecule has 11 heteroatoms. The second-order valence-electron chi connectivity index (χ2n) is 7.71. The zero-order chi connectivity index (χ0) is 21.2. The maximum Gasteiger partial charge on any atom is 0.427 e. The lowest BCUT2D eigenvalue weighted by Crippen LogP contribution is -2.45. The minimum Gasteiger partial charge on any atom is -0.460 e. The van der Waals surface area contributed by atoms with Crippen molar-refractivity contribution in [2.45, 2.75) is 50.6 Å². The summed E-state index contributed by atoms with van der Waals surface area (Å²) in [7, 11) is 0. The highest BCUT2D eigenvalue weighted by molar-refractivity contribution is 5.59. The van der Waals surface area contributed by atoms with Gasteiger partial charge in [0, 0.05) is 18.0 Å². The number of alkyl halides is 4. The van der Waals surface area contributed by atoms with Crippen LogP contribution in [0.4, 0.5) is 22.0 Å². The molecule has 0 bridgehead atoms. The minimum absolute atomic E-state index is 0.208. The van der Waals surface area contributed by atoms with Gasteiger partial charge in [-0.3, -0.25) is 9.38 Å². The van der Waals surface area contributed by atoms with Crippen LogP contribution in [0.15, 0.2) is 24.7 Å². The summed E-state index contributed by atoms with van der Waals surface area (Å²) in [5, 5.41) is 7.94. The summed E-state index contributed by atoms with van der Waals surface area (Å²) in [6.45, 7) is 3.03. The van der Waals surface area contributed by atoms with E-state index >= 15 is 0 Å². The summed E-state index contributed by atoms with van der Waals surface area (Å²) in [4.78, 5) is 7.82. The van der Waals surface area contributed by atoms with Crippen molar-refractivity contribution < 1.29 is 26.7 Å². The van der Waals surface area contributed by atoms with E-state index in [2.05, 4.69) is 20.2 Å². The lowest BCUT2D eigenvalue weighted by molar-refractivity contribution is -0.235. The molecule has 3 aromatic heterocycles. The first-order valence-corrected chi connectivity index (χ1v) is 8.70. The molecule has 3 aromatic rings. The van der Waals surface area contributed by atoms with Crippen LogP contribution in [0.3, 0.4) is 0 Å². The van der Waals surface area contributed by atoms with Gasteiger partial charge < -0.3 is 4.74 Å². The van der Waals surface area contributed by atoms with Crippen LogP contribution in [0.25, 0.3) is 16.9 Å². The molecule has 0 amide bonds. The SMILES string of the molecule is CC1(F)CC1c1nnc2cnc(-c3cnc(OC(C)(C)C(F)(F)F)c(F)c3)cn12. The lowest BCUT2D eigenvalue weighted by Gasteiger charge is -2.28. The van der Waals surface area contributed by atoms with Gasteiger partial charge in [0.15, 0.2) is 17.1 Å². The van der Waals surface area contributed by atoms with Gasteiger partial charge in [0.1, 0.15) is 11.5 Å². The second kappa shape index (κ2) is 6.07. The van der Waals surface area contributed by atoms with Gasteiger partial charge in [0.25, 0.3) is 5.88 Å². The average Bonchev–Trinajstić information content (AvgIpc) is 3.06. The fourth-order valence-corrected chi connectivity index (χ4v) is 2.85. The van der Waals surface area contributed by atoms with E-state index in [1.165, 1.54) is 19.3 Å². The lowest BCUT2D eigenvalue weighted by atomic mass is 10.1. The summed E-state index contributed by atoms with van der Waals surface area (Å²) in [5.74, 6) is -1.81. The second-order valence-corrected chi connectivity index (χ2v) is 7.71. The Balaban J connectivity index is 1.66. The average molecular weight is 413 g/mol. The molecule has 2 atom stereocenters. The highest BCUT2D eigenvalue weighted by Crippen LogP contribution is 2.53. The molecule has 0 spiro atoms. The molecule has 0 radical (unpaired) electrons. The minimum atomic E-state index is -4.70. The zero-order valence-corrected chi connectivity index (χ0v) is 15.6. The number of ether oxygens (including phenoxy) is 1. The molecule has 1 aliphatic rings. The van der Waals surface area contributed by atoms with Gasteiger partial charge in [-0.1, -0.05) is 0 Å². The zero-order valence-electron chi connectivity index (χ0n) is 15.6. The van der Waals surface area contributed by atoms with Crippen molar-refractivity contribution in [1.29, 1.82) is 0 Å². The van der Waals surface area contributed by atoms with E-state index in [0.717, 1.165) is 26.1 Å². The van der Waals surface area contributed by atoms with E-state index in [1.54, 1.807) is 4.40 Å². The third-order valence-electron chi connectivity index (χ3n) is 4.94. The van der Waals surface area contributed by atoms with E-state index in [9.17, 15) is 22.0 Å². The van der Waals surface area contributed by atoms with Gasteiger partial charge in [0.05, 0.1) is 17.8 Å². The molecule has 0 aromatic carbocycles. The first-order chi connectivity index (χ1) is 13.4. The van der Waals surface area contributed by atoms with Crippen LogP contribution in [-0.4, -0.2) is 42.0 Å². The molecule has 4 rings (SSSR count). The van der Waals surface area contributed by atoms with Crippen molar-refractivity contribution in [1.82, 2.24) is 24.6 Å². The largest absolute Gasteiger partial charge is 0.460 e. The molecule has 29 heavy (non-hydrogen) atoms. The standard InChI is InChI=1S/C18H16F5N5O/c1-16(2,18(21,22)23)29-15-11(19)4-9(6-25-15)12-8-28-13(7-24-12)26-27-14(28)10-5-17(10,3)20/h4,6-8,10H,5H2,1-3H3. The Morgan fingerprint density at radius 3 is 2.45 bits per heavy atom. The van der Waals surface area contributed by atoms with Gasteiger partial charge >= 0.3 is 6.18 Å². The van der Waals surface area contributed by atoms with E-state index in [0.29, 0.717) is 17.9 Å². The van der Waals surface area contributed by atoms with Crippen molar-refractivity contribution in [2.24, 2.45) is 0 Å². The van der Waals surface area contributed by atoms with Crippen LogP contribution in [-0.2, 0) is 0 Å². The summed E-state index contributed by atoms with van der Waals surface area (Å²) >= 11 is 0. The number of fused-ring (bicyclic) bond motifs is 1. The molecule has 1 aliphatic carbocycles. The maximum absolute atomic E-state index is 14.4. The Hall–Kier alpha value is -2.85. The van der Waals surface area contributed by atoms with Crippen LogP contribution >= 0.6 is 0 Å². The summed E-state index contributed by atoms with van der Waals surface area (Å²) in [6.07, 6.45) is -0.332. The summed E-state index contributed by atoms with van der Waals surface area (Å²) < 4.78 is 73.5. The van der Waals surface area contributed by atoms with Crippen molar-refractivity contribution in [3.05, 3.63) is 36.3 Å². The van der Waals surface area contributed by atoms with E-state index in [-0.39, 0.29) is 11.3 Å². The predicted molar refractivity (Wildman–Crippen MR) is 91.6 cm³/mol. The van der Waals surface area contributed by atoms with Crippen LogP contribution in [0.5, 0.6) is 5.88 Å². The predicted octanol–water partition coefficient (Wildman–Crippen LogP) is 4.26. The number of halogens is 5. The normalized spacial score (nSPS) is 22.1. The van der Waals surface area contributed by atoms with Crippen LogP contribution < -0.4 is 4.74 Å². The first-order valence-electron chi connectivity index (χ1n) is 8.70. The molecule has 2 unspecified atom stereocenters. The van der Waals surface area contributed by atoms with Gasteiger partial charge in [0.2, 0.25) is 0 Å². The number of aromatic nitrogens is 5. The molecule has 1 saturated carbocycles. The van der Waals surface area contributed by atoms with E-state index in [4.69, 9.17) is 4.74 Å². The topological polar surface area (TPSA) is 65.2 Å². The molecule has 0 N–H and O–H groups in total. The summed E-state index contributed by atoms with van der Waals surface area (Å²) in [6, 6.07) is 0.976. The molecule has 154 valence electrons. The van der Waals surface area contributed by atoms with Crippen molar-refractivity contribution in [2.75, 3.05) is 0 Å². The Labute approximate surface area is 161 Å². The molecular formula is C18H16F5N5O. The van der Waals surface area contributed by atoms with Crippen molar-refractivity contribution >= 4 is 5.65 Å². The smallest absolute Gasteiger partial charge is 0.427 e. The maximum atomic E-state index is 14.4. The molecule has 3 heterocycles. The highest BCUT2D eigenvalue weighted by atomic mass is 19.4. The quantitative estimate of drug-likeness (QED) is 0.598. The van der Waals surface area contributed by atoms with E-state index < -0.39 is 35.1 Å². The van der Waals surface area contributed by atoms with Gasteiger partial charge in [-0.15, -0.1) is 10.2 Å².